The highest BCUT2D eigenvalue weighted by atomic mass is 35.5. The van der Waals surface area contributed by atoms with Gasteiger partial charge in [0.1, 0.15) is 18.2 Å². The molecule has 130 valence electrons. The van der Waals surface area contributed by atoms with Gasteiger partial charge in [-0.15, -0.1) is 12.4 Å². The molecule has 0 bridgehead atoms. The number of carbonyl (C=O) groups is 1. The Morgan fingerprint density at radius 3 is 3.00 bits per heavy atom. The first kappa shape index (κ1) is 20.0. The van der Waals surface area contributed by atoms with E-state index in [1.807, 2.05) is 11.8 Å². The Labute approximate surface area is 146 Å². The van der Waals surface area contributed by atoms with Gasteiger partial charge in [0.15, 0.2) is 0 Å². The summed E-state index contributed by atoms with van der Waals surface area (Å²) in [5, 5.41) is 6.03. The van der Waals surface area contributed by atoms with Crippen LogP contribution in [-0.4, -0.2) is 50.3 Å². The predicted molar refractivity (Wildman–Crippen MR) is 93.4 cm³/mol. The van der Waals surface area contributed by atoms with E-state index in [2.05, 4.69) is 10.6 Å². The Bertz CT molecular complexity index is 502. The second-order valence-electron chi connectivity index (χ2n) is 4.96. The van der Waals surface area contributed by atoms with E-state index in [4.69, 9.17) is 9.47 Å². The topological polar surface area (TPSA) is 59.6 Å². The van der Waals surface area contributed by atoms with E-state index < -0.39 is 5.82 Å². The molecule has 0 spiro atoms. The molecule has 0 radical (unpaired) electrons. The molecule has 1 unspecified atom stereocenters. The van der Waals surface area contributed by atoms with Crippen molar-refractivity contribution in [3.63, 3.8) is 0 Å². The zero-order chi connectivity index (χ0) is 15.8. The van der Waals surface area contributed by atoms with Crippen molar-refractivity contribution in [2.45, 2.75) is 12.5 Å². The van der Waals surface area contributed by atoms with Gasteiger partial charge >= 0.3 is 0 Å². The second-order valence-corrected chi connectivity index (χ2v) is 6.11. The Morgan fingerprint density at radius 1 is 1.48 bits per heavy atom. The van der Waals surface area contributed by atoms with E-state index in [0.29, 0.717) is 31.1 Å². The summed E-state index contributed by atoms with van der Waals surface area (Å²) in [4.78, 5) is 12.1. The van der Waals surface area contributed by atoms with E-state index in [1.54, 1.807) is 7.11 Å². The van der Waals surface area contributed by atoms with Crippen LogP contribution in [0, 0.1) is 5.82 Å². The maximum atomic E-state index is 13.4. The number of hydrogen-bond donors (Lipinski definition) is 2. The van der Waals surface area contributed by atoms with Crippen LogP contribution in [0.3, 0.4) is 0 Å². The van der Waals surface area contributed by atoms with Crippen LogP contribution in [0.25, 0.3) is 0 Å². The smallest absolute Gasteiger partial charge is 0.226 e. The van der Waals surface area contributed by atoms with Gasteiger partial charge < -0.3 is 20.1 Å². The SMILES string of the molecule is COCCOc1ccc(F)cc1NC(=O)CC1CSCCN1.Cl. The van der Waals surface area contributed by atoms with E-state index in [-0.39, 0.29) is 24.4 Å². The van der Waals surface area contributed by atoms with Crippen molar-refractivity contribution >= 4 is 35.8 Å². The first-order chi connectivity index (χ1) is 10.7. The third-order valence-electron chi connectivity index (χ3n) is 3.19. The van der Waals surface area contributed by atoms with Crippen molar-refractivity contribution in [1.82, 2.24) is 5.32 Å². The zero-order valence-corrected chi connectivity index (χ0v) is 14.6. The molecule has 0 aliphatic carbocycles. The number of nitrogens with one attached hydrogen (secondary N) is 2. The summed E-state index contributed by atoms with van der Waals surface area (Å²) in [7, 11) is 1.58. The monoisotopic (exact) mass is 364 g/mol. The molecule has 8 heteroatoms. The minimum absolute atomic E-state index is 0. The highest BCUT2D eigenvalue weighted by Crippen LogP contribution is 2.25. The van der Waals surface area contributed by atoms with Crippen LogP contribution in [-0.2, 0) is 9.53 Å². The van der Waals surface area contributed by atoms with Crippen LogP contribution in [0.2, 0.25) is 0 Å². The second kappa shape index (κ2) is 10.7. The van der Waals surface area contributed by atoms with Gasteiger partial charge in [-0.2, -0.15) is 11.8 Å². The van der Waals surface area contributed by atoms with Gasteiger partial charge in [-0.05, 0) is 12.1 Å². The molecule has 1 atom stereocenters. The number of carbonyl (C=O) groups excluding carboxylic acids is 1. The molecule has 2 rings (SSSR count). The summed E-state index contributed by atoms with van der Waals surface area (Å²) in [5.74, 6) is 1.86. The van der Waals surface area contributed by atoms with Crippen LogP contribution < -0.4 is 15.4 Å². The first-order valence-corrected chi connectivity index (χ1v) is 8.37. The normalized spacial score (nSPS) is 17.2. The lowest BCUT2D eigenvalue weighted by molar-refractivity contribution is -0.116. The molecule has 1 aromatic carbocycles. The molecule has 0 saturated carbocycles. The number of rotatable bonds is 7. The first-order valence-electron chi connectivity index (χ1n) is 7.21. The Balaban J connectivity index is 0.00000264. The summed E-state index contributed by atoms with van der Waals surface area (Å²) < 4.78 is 23.8. The Hall–Kier alpha value is -1.02. The van der Waals surface area contributed by atoms with Crippen molar-refractivity contribution in [2.24, 2.45) is 0 Å². The molecule has 1 fully saturated rings. The molecular weight excluding hydrogens is 343 g/mol. The lowest BCUT2D eigenvalue weighted by atomic mass is 10.2. The molecule has 5 nitrogen and oxygen atoms in total. The van der Waals surface area contributed by atoms with E-state index in [0.717, 1.165) is 18.1 Å². The average molecular weight is 365 g/mol. The minimum atomic E-state index is -0.416. The summed E-state index contributed by atoms with van der Waals surface area (Å²) in [5.41, 5.74) is 0.351. The number of halogens is 2. The molecule has 2 N–H and O–H groups in total. The third-order valence-corrected chi connectivity index (χ3v) is 4.32. The van der Waals surface area contributed by atoms with Crippen LogP contribution in [0.15, 0.2) is 18.2 Å². The fourth-order valence-corrected chi connectivity index (χ4v) is 3.09. The van der Waals surface area contributed by atoms with Gasteiger partial charge in [0.25, 0.3) is 0 Å². The number of amides is 1. The number of ether oxygens (including phenoxy) is 2. The summed E-state index contributed by atoms with van der Waals surface area (Å²) >= 11 is 1.83. The van der Waals surface area contributed by atoms with Crippen LogP contribution >= 0.6 is 24.2 Å². The van der Waals surface area contributed by atoms with Crippen molar-refractivity contribution < 1.29 is 18.7 Å². The van der Waals surface area contributed by atoms with Gasteiger partial charge in [0.2, 0.25) is 5.91 Å². The van der Waals surface area contributed by atoms with Gasteiger partial charge in [-0.25, -0.2) is 4.39 Å². The lowest BCUT2D eigenvalue weighted by Gasteiger charge is -2.22. The predicted octanol–water partition coefficient (Wildman–Crippen LogP) is 2.31. The molecule has 23 heavy (non-hydrogen) atoms. The van der Waals surface area contributed by atoms with Gasteiger partial charge in [0.05, 0.1) is 12.3 Å². The van der Waals surface area contributed by atoms with Crippen LogP contribution in [0.1, 0.15) is 6.42 Å². The fraction of sp³-hybridized carbons (Fsp3) is 0.533. The Kier molecular flexibility index (Phi) is 9.31. The van der Waals surface area contributed by atoms with Gasteiger partial charge in [0, 0.05) is 43.7 Å². The van der Waals surface area contributed by atoms with Crippen molar-refractivity contribution in [1.29, 1.82) is 0 Å². The molecular formula is C15H22ClFN2O3S. The highest BCUT2D eigenvalue weighted by Gasteiger charge is 2.18. The fourth-order valence-electron chi connectivity index (χ4n) is 2.14. The standard InChI is InChI=1S/C15H21FN2O3S.ClH/c1-20-5-6-21-14-3-2-11(16)8-13(14)18-15(19)9-12-10-22-7-4-17-12;/h2-3,8,12,17H,4-7,9-10H2,1H3,(H,18,19);1H. The lowest BCUT2D eigenvalue weighted by Crippen LogP contribution is -2.39. The van der Waals surface area contributed by atoms with Gasteiger partial charge in [-0.1, -0.05) is 0 Å². The summed E-state index contributed by atoms with van der Waals surface area (Å²) in [6.07, 6.45) is 0.362. The van der Waals surface area contributed by atoms with Crippen molar-refractivity contribution in [3.05, 3.63) is 24.0 Å². The van der Waals surface area contributed by atoms with Crippen LogP contribution in [0.4, 0.5) is 10.1 Å². The quantitative estimate of drug-likeness (QED) is 0.727. The minimum Gasteiger partial charge on any atom is -0.489 e. The number of anilines is 1. The molecule has 1 heterocycles. The maximum Gasteiger partial charge on any atom is 0.226 e. The highest BCUT2D eigenvalue weighted by molar-refractivity contribution is 7.99. The maximum absolute atomic E-state index is 13.4. The van der Waals surface area contributed by atoms with Crippen LogP contribution in [0.5, 0.6) is 5.75 Å². The zero-order valence-electron chi connectivity index (χ0n) is 13.0. The van der Waals surface area contributed by atoms with Crippen molar-refractivity contribution in [3.8, 4) is 5.75 Å². The number of thioether (sulfide) groups is 1. The summed E-state index contributed by atoms with van der Waals surface area (Å²) in [6.45, 7) is 1.67. The van der Waals surface area contributed by atoms with E-state index in [1.165, 1.54) is 18.2 Å². The number of methoxy groups -OCH3 is 1. The molecule has 1 aromatic rings. The molecule has 1 aliphatic rings. The Morgan fingerprint density at radius 2 is 2.30 bits per heavy atom. The molecule has 1 amide bonds. The third kappa shape index (κ3) is 6.95. The van der Waals surface area contributed by atoms with Gasteiger partial charge in [-0.3, -0.25) is 4.79 Å². The molecule has 1 aliphatic heterocycles. The average Bonchev–Trinajstić information content (AvgIpc) is 2.50. The summed E-state index contributed by atoms with van der Waals surface area (Å²) in [6, 6.07) is 4.24. The van der Waals surface area contributed by atoms with Crippen molar-refractivity contribution in [2.75, 3.05) is 43.7 Å². The number of benzene rings is 1. The molecule has 1 saturated heterocycles. The van der Waals surface area contributed by atoms with E-state index in [9.17, 15) is 9.18 Å². The number of hydrogen-bond acceptors (Lipinski definition) is 5. The van der Waals surface area contributed by atoms with E-state index >= 15 is 0 Å². The molecule has 0 aromatic heterocycles. The largest absolute Gasteiger partial charge is 0.489 e.